The predicted molar refractivity (Wildman–Crippen MR) is 123 cm³/mol. The number of pyridine rings is 1. The van der Waals surface area contributed by atoms with Gasteiger partial charge in [-0.05, 0) is 56.5 Å². The van der Waals surface area contributed by atoms with Crippen molar-refractivity contribution < 1.29 is 5.11 Å². The fourth-order valence-corrected chi connectivity index (χ4v) is 4.90. The number of aromatic hydroxyl groups is 1. The van der Waals surface area contributed by atoms with E-state index in [9.17, 15) is 5.11 Å². The highest BCUT2D eigenvalue weighted by atomic mass is 16.3. The van der Waals surface area contributed by atoms with E-state index >= 15 is 0 Å². The second kappa shape index (κ2) is 8.77. The molecule has 1 aliphatic carbocycles. The number of aromatic nitrogens is 3. The summed E-state index contributed by atoms with van der Waals surface area (Å²) in [5.41, 5.74) is 2.79. The average Bonchev–Trinajstić information content (AvgIpc) is 2.80. The maximum absolute atomic E-state index is 9.78. The first-order chi connectivity index (χ1) is 15.2. The third-order valence-electron chi connectivity index (χ3n) is 6.78. The van der Waals surface area contributed by atoms with Gasteiger partial charge in [0.25, 0.3) is 0 Å². The Morgan fingerprint density at radius 1 is 0.935 bits per heavy atom. The van der Waals surface area contributed by atoms with E-state index < -0.39 is 0 Å². The SMILES string of the molecule is CN1CCN([C@H]2CC[C@H](Nc3ncnc4ccc(-c5cncc(O)c5)cc34)CC2)CC1. The number of benzene rings is 1. The molecule has 0 atom stereocenters. The molecule has 31 heavy (non-hydrogen) atoms. The number of likely N-dealkylation sites (N-methyl/N-ethyl adjacent to an activating group) is 1. The van der Waals surface area contributed by atoms with Gasteiger partial charge in [-0.3, -0.25) is 9.88 Å². The lowest BCUT2D eigenvalue weighted by molar-refractivity contribution is 0.0894. The van der Waals surface area contributed by atoms with Crippen molar-refractivity contribution in [3.05, 3.63) is 43.0 Å². The minimum Gasteiger partial charge on any atom is -0.506 e. The maximum Gasteiger partial charge on any atom is 0.137 e. The first-order valence-corrected chi connectivity index (χ1v) is 11.2. The Kier molecular flexibility index (Phi) is 5.70. The van der Waals surface area contributed by atoms with Gasteiger partial charge in [0.1, 0.15) is 17.9 Å². The van der Waals surface area contributed by atoms with Crippen molar-refractivity contribution in [1.29, 1.82) is 0 Å². The van der Waals surface area contributed by atoms with Crippen LogP contribution in [0.5, 0.6) is 5.75 Å². The van der Waals surface area contributed by atoms with Crippen LogP contribution in [0.15, 0.2) is 43.0 Å². The van der Waals surface area contributed by atoms with Crippen molar-refractivity contribution in [3.8, 4) is 16.9 Å². The first kappa shape index (κ1) is 20.2. The zero-order chi connectivity index (χ0) is 21.2. The van der Waals surface area contributed by atoms with Crippen LogP contribution >= 0.6 is 0 Å². The van der Waals surface area contributed by atoms with Crippen LogP contribution in [-0.2, 0) is 0 Å². The first-order valence-electron chi connectivity index (χ1n) is 11.2. The molecule has 3 heterocycles. The summed E-state index contributed by atoms with van der Waals surface area (Å²) in [5.74, 6) is 1.06. The van der Waals surface area contributed by atoms with Crippen LogP contribution in [-0.4, -0.2) is 75.2 Å². The lowest BCUT2D eigenvalue weighted by atomic mass is 9.89. The highest BCUT2D eigenvalue weighted by molar-refractivity contribution is 5.92. The number of rotatable bonds is 4. The average molecular weight is 419 g/mol. The normalized spacial score (nSPS) is 23.1. The molecular weight excluding hydrogens is 388 g/mol. The second-order valence-corrected chi connectivity index (χ2v) is 8.88. The summed E-state index contributed by atoms with van der Waals surface area (Å²) in [5, 5.41) is 14.5. The molecule has 162 valence electrons. The summed E-state index contributed by atoms with van der Waals surface area (Å²) in [6.07, 6.45) is 9.65. The quantitative estimate of drug-likeness (QED) is 0.673. The lowest BCUT2D eigenvalue weighted by Crippen LogP contribution is -2.50. The van der Waals surface area contributed by atoms with Gasteiger partial charge in [0, 0.05) is 55.4 Å². The lowest BCUT2D eigenvalue weighted by Gasteiger charge is -2.41. The minimum absolute atomic E-state index is 0.164. The number of fused-ring (bicyclic) bond motifs is 1. The van der Waals surface area contributed by atoms with Gasteiger partial charge in [0.15, 0.2) is 0 Å². The Balaban J connectivity index is 1.30. The number of hydrogen-bond donors (Lipinski definition) is 2. The maximum atomic E-state index is 9.78. The van der Waals surface area contributed by atoms with Crippen molar-refractivity contribution >= 4 is 16.7 Å². The molecule has 2 aliphatic rings. The van der Waals surface area contributed by atoms with Crippen molar-refractivity contribution in [2.24, 2.45) is 0 Å². The van der Waals surface area contributed by atoms with Gasteiger partial charge in [-0.15, -0.1) is 0 Å². The van der Waals surface area contributed by atoms with Crippen LogP contribution in [0.1, 0.15) is 25.7 Å². The number of nitrogens with zero attached hydrogens (tertiary/aromatic N) is 5. The van der Waals surface area contributed by atoms with Crippen LogP contribution < -0.4 is 5.32 Å². The number of piperazine rings is 1. The van der Waals surface area contributed by atoms with E-state index in [1.165, 1.54) is 58.1 Å². The molecule has 0 spiro atoms. The van der Waals surface area contributed by atoms with Crippen LogP contribution in [0.2, 0.25) is 0 Å². The summed E-state index contributed by atoms with van der Waals surface area (Å²) in [6.45, 7) is 4.76. The van der Waals surface area contributed by atoms with Crippen molar-refractivity contribution in [1.82, 2.24) is 24.8 Å². The molecule has 3 aromatic rings. The third kappa shape index (κ3) is 4.48. The number of anilines is 1. The standard InChI is InChI=1S/C24H30N6O/c1-29-8-10-30(11-9-29)20-5-3-19(4-6-20)28-24-22-13-17(2-7-23(22)26-16-27-24)18-12-21(31)15-25-14-18/h2,7,12-16,19-20,31H,3-6,8-11H2,1H3,(H,26,27,28)/t19-,20-. The van der Waals surface area contributed by atoms with E-state index in [0.29, 0.717) is 6.04 Å². The molecule has 1 aromatic carbocycles. The summed E-state index contributed by atoms with van der Waals surface area (Å²) < 4.78 is 0. The molecule has 0 amide bonds. The van der Waals surface area contributed by atoms with Gasteiger partial charge in [-0.1, -0.05) is 6.07 Å². The number of nitrogens with one attached hydrogen (secondary N) is 1. The molecule has 7 heteroatoms. The van der Waals surface area contributed by atoms with Gasteiger partial charge < -0.3 is 15.3 Å². The van der Waals surface area contributed by atoms with Gasteiger partial charge in [-0.2, -0.15) is 0 Å². The molecule has 1 aliphatic heterocycles. The predicted octanol–water partition coefficient (Wildman–Crippen LogP) is 3.37. The van der Waals surface area contributed by atoms with Crippen LogP contribution in [0, 0.1) is 0 Å². The number of hydrogen-bond acceptors (Lipinski definition) is 7. The molecule has 0 bridgehead atoms. The molecule has 0 radical (unpaired) electrons. The van der Waals surface area contributed by atoms with Gasteiger partial charge in [-0.25, -0.2) is 9.97 Å². The Hall–Kier alpha value is -2.77. The van der Waals surface area contributed by atoms with E-state index in [4.69, 9.17) is 0 Å². The fraction of sp³-hybridized carbons (Fsp3) is 0.458. The summed E-state index contributed by atoms with van der Waals surface area (Å²) in [7, 11) is 2.21. The Morgan fingerprint density at radius 2 is 1.74 bits per heavy atom. The minimum atomic E-state index is 0.164. The van der Waals surface area contributed by atoms with E-state index in [1.54, 1.807) is 18.6 Å². The monoisotopic (exact) mass is 418 g/mol. The Bertz CT molecular complexity index is 1040. The molecule has 1 saturated carbocycles. The van der Waals surface area contributed by atoms with Gasteiger partial charge in [0.05, 0.1) is 11.7 Å². The van der Waals surface area contributed by atoms with E-state index in [1.807, 2.05) is 12.1 Å². The zero-order valence-electron chi connectivity index (χ0n) is 18.0. The molecular formula is C24H30N6O. The van der Waals surface area contributed by atoms with Crippen LogP contribution in [0.25, 0.3) is 22.0 Å². The molecule has 2 N–H and O–H groups in total. The molecule has 7 nitrogen and oxygen atoms in total. The Labute approximate surface area is 183 Å². The van der Waals surface area contributed by atoms with Crippen molar-refractivity contribution in [2.45, 2.75) is 37.8 Å². The Morgan fingerprint density at radius 3 is 2.52 bits per heavy atom. The summed E-state index contributed by atoms with van der Waals surface area (Å²) in [4.78, 5) is 18.2. The fourth-order valence-electron chi connectivity index (χ4n) is 4.90. The van der Waals surface area contributed by atoms with Crippen LogP contribution in [0.3, 0.4) is 0 Å². The largest absolute Gasteiger partial charge is 0.506 e. The topological polar surface area (TPSA) is 77.4 Å². The van der Waals surface area contributed by atoms with Crippen molar-refractivity contribution in [3.63, 3.8) is 0 Å². The molecule has 2 aromatic heterocycles. The van der Waals surface area contributed by atoms with E-state index in [-0.39, 0.29) is 5.75 Å². The zero-order valence-corrected chi connectivity index (χ0v) is 18.0. The van der Waals surface area contributed by atoms with Crippen LogP contribution in [0.4, 0.5) is 5.82 Å². The molecule has 5 rings (SSSR count). The van der Waals surface area contributed by atoms with E-state index in [0.717, 1.165) is 33.9 Å². The molecule has 2 fully saturated rings. The smallest absolute Gasteiger partial charge is 0.137 e. The second-order valence-electron chi connectivity index (χ2n) is 8.88. The summed E-state index contributed by atoms with van der Waals surface area (Å²) >= 11 is 0. The summed E-state index contributed by atoms with van der Waals surface area (Å²) in [6, 6.07) is 8.99. The molecule has 0 unspecified atom stereocenters. The third-order valence-corrected chi connectivity index (χ3v) is 6.78. The molecule has 1 saturated heterocycles. The highest BCUT2D eigenvalue weighted by Crippen LogP contribution is 2.31. The van der Waals surface area contributed by atoms with Gasteiger partial charge >= 0.3 is 0 Å². The highest BCUT2D eigenvalue weighted by Gasteiger charge is 2.28. The van der Waals surface area contributed by atoms with Crippen molar-refractivity contribution in [2.75, 3.05) is 38.5 Å². The van der Waals surface area contributed by atoms with Gasteiger partial charge in [0.2, 0.25) is 0 Å². The van der Waals surface area contributed by atoms with E-state index in [2.05, 4.69) is 43.2 Å².